The second-order valence-corrected chi connectivity index (χ2v) is 9.48. The van der Waals surface area contributed by atoms with Crippen LogP contribution in [0.4, 0.5) is 10.2 Å². The molecule has 5 heterocycles. The number of aryl methyl sites for hydroxylation is 1. The minimum absolute atomic E-state index is 0.312. The second kappa shape index (κ2) is 8.98. The highest BCUT2D eigenvalue weighted by molar-refractivity contribution is 5.85. The van der Waals surface area contributed by atoms with Gasteiger partial charge < -0.3 is 15.0 Å². The molecule has 2 aliphatic heterocycles. The summed E-state index contributed by atoms with van der Waals surface area (Å²) in [5, 5.41) is 0. The van der Waals surface area contributed by atoms with Crippen molar-refractivity contribution in [2.24, 2.45) is 0 Å². The number of anilines is 1. The Balaban J connectivity index is 1.28. The van der Waals surface area contributed by atoms with E-state index in [0.717, 1.165) is 31.9 Å². The number of piperidine rings is 1. The standard InChI is InChI=1S/C26H28FN7O/c1-16-30-24(28)23-26(31-16)34(25(32-23)20-10-21(27)12-29-11-20)13-17-2-4-18(5-3-17)19-6-8-33(9-7-19)22-14-35-15-22/h2-5,10-12,19,22H,6-9,13-15H2,1H3,(H2,28,30,31). The Morgan fingerprint density at radius 1 is 1.06 bits per heavy atom. The maximum Gasteiger partial charge on any atom is 0.166 e. The molecule has 0 aliphatic carbocycles. The van der Waals surface area contributed by atoms with Gasteiger partial charge in [-0.05, 0) is 56.0 Å². The van der Waals surface area contributed by atoms with Crippen LogP contribution >= 0.6 is 0 Å². The number of hydrogen-bond acceptors (Lipinski definition) is 7. The maximum atomic E-state index is 14.0. The zero-order valence-electron chi connectivity index (χ0n) is 19.7. The van der Waals surface area contributed by atoms with E-state index in [-0.39, 0.29) is 0 Å². The third-order valence-corrected chi connectivity index (χ3v) is 7.15. The maximum absolute atomic E-state index is 14.0. The number of aromatic nitrogens is 5. The molecule has 0 atom stereocenters. The van der Waals surface area contributed by atoms with Crippen molar-refractivity contribution in [2.45, 2.75) is 38.3 Å². The fraction of sp³-hybridized carbons (Fsp3) is 0.385. The number of nitrogens with two attached hydrogens (primary N) is 1. The summed E-state index contributed by atoms with van der Waals surface area (Å²) < 4.78 is 21.3. The summed E-state index contributed by atoms with van der Waals surface area (Å²) in [5.74, 6) is 1.60. The van der Waals surface area contributed by atoms with Gasteiger partial charge in [-0.15, -0.1) is 0 Å². The van der Waals surface area contributed by atoms with Gasteiger partial charge in [0, 0.05) is 11.8 Å². The number of pyridine rings is 1. The molecule has 1 aromatic carbocycles. The molecule has 180 valence electrons. The summed E-state index contributed by atoms with van der Waals surface area (Å²) in [7, 11) is 0. The molecule has 8 nitrogen and oxygen atoms in total. The number of imidazole rings is 1. The van der Waals surface area contributed by atoms with Gasteiger partial charge in [0.05, 0.1) is 32.0 Å². The highest BCUT2D eigenvalue weighted by atomic mass is 19.1. The molecular weight excluding hydrogens is 445 g/mol. The predicted octanol–water partition coefficient (Wildman–Crippen LogP) is 3.54. The average Bonchev–Trinajstić information content (AvgIpc) is 3.18. The number of nitrogen functional groups attached to an aromatic ring is 1. The van der Waals surface area contributed by atoms with E-state index in [1.54, 1.807) is 13.1 Å². The van der Waals surface area contributed by atoms with E-state index in [4.69, 9.17) is 10.5 Å². The molecule has 4 aromatic rings. The minimum Gasteiger partial charge on any atom is -0.382 e. The average molecular weight is 474 g/mol. The van der Waals surface area contributed by atoms with Gasteiger partial charge in [0.1, 0.15) is 17.5 Å². The Labute approximate surface area is 203 Å². The van der Waals surface area contributed by atoms with Crippen LogP contribution < -0.4 is 5.73 Å². The minimum atomic E-state index is -0.420. The monoisotopic (exact) mass is 473 g/mol. The van der Waals surface area contributed by atoms with Gasteiger partial charge in [0.2, 0.25) is 0 Å². The van der Waals surface area contributed by atoms with Gasteiger partial charge in [-0.1, -0.05) is 24.3 Å². The van der Waals surface area contributed by atoms with Crippen molar-refractivity contribution in [1.29, 1.82) is 0 Å². The lowest BCUT2D eigenvalue weighted by Gasteiger charge is -2.41. The number of hydrogen-bond donors (Lipinski definition) is 1. The summed E-state index contributed by atoms with van der Waals surface area (Å²) >= 11 is 0. The van der Waals surface area contributed by atoms with Crippen LogP contribution in [-0.2, 0) is 11.3 Å². The molecule has 0 amide bonds. The van der Waals surface area contributed by atoms with E-state index in [1.807, 2.05) is 4.57 Å². The lowest BCUT2D eigenvalue weighted by molar-refractivity contribution is -0.0712. The number of halogens is 1. The Morgan fingerprint density at radius 2 is 1.83 bits per heavy atom. The molecule has 35 heavy (non-hydrogen) atoms. The van der Waals surface area contributed by atoms with E-state index < -0.39 is 5.82 Å². The first kappa shape index (κ1) is 22.1. The largest absolute Gasteiger partial charge is 0.382 e. The molecule has 9 heteroatoms. The zero-order chi connectivity index (χ0) is 23.9. The van der Waals surface area contributed by atoms with Crippen molar-refractivity contribution < 1.29 is 9.13 Å². The third kappa shape index (κ3) is 4.26. The Hall–Kier alpha value is -3.43. The molecule has 3 aromatic heterocycles. The van der Waals surface area contributed by atoms with Crippen molar-refractivity contribution in [2.75, 3.05) is 32.0 Å². The van der Waals surface area contributed by atoms with Crippen LogP contribution in [0.1, 0.15) is 35.7 Å². The third-order valence-electron chi connectivity index (χ3n) is 7.15. The van der Waals surface area contributed by atoms with Crippen molar-refractivity contribution in [1.82, 2.24) is 29.4 Å². The van der Waals surface area contributed by atoms with E-state index in [1.165, 1.54) is 30.7 Å². The van der Waals surface area contributed by atoms with Crippen molar-refractivity contribution in [3.8, 4) is 11.4 Å². The molecule has 0 spiro atoms. The fourth-order valence-electron chi connectivity index (χ4n) is 5.15. The number of benzene rings is 1. The summed E-state index contributed by atoms with van der Waals surface area (Å²) in [4.78, 5) is 20.1. The summed E-state index contributed by atoms with van der Waals surface area (Å²) in [5.41, 5.74) is 10.4. The lowest BCUT2D eigenvalue weighted by Crippen LogP contribution is -2.51. The van der Waals surface area contributed by atoms with Crippen LogP contribution in [0, 0.1) is 12.7 Å². The molecule has 2 N–H and O–H groups in total. The highest BCUT2D eigenvalue weighted by Gasteiger charge is 2.30. The summed E-state index contributed by atoms with van der Waals surface area (Å²) in [6, 6.07) is 10.8. The topological polar surface area (TPSA) is 95.0 Å². The van der Waals surface area contributed by atoms with Crippen LogP contribution in [0.3, 0.4) is 0 Å². The van der Waals surface area contributed by atoms with Crippen LogP contribution in [0.15, 0.2) is 42.7 Å². The molecular formula is C26H28FN7O. The molecule has 0 saturated carbocycles. The van der Waals surface area contributed by atoms with Crippen molar-refractivity contribution >= 4 is 17.0 Å². The SMILES string of the molecule is Cc1nc(N)c2nc(-c3cncc(F)c3)n(Cc3ccc(C4CCN(C5COC5)CC4)cc3)c2n1. The van der Waals surface area contributed by atoms with Gasteiger partial charge in [-0.2, -0.15) is 0 Å². The summed E-state index contributed by atoms with van der Waals surface area (Å²) in [6.45, 7) is 6.35. The van der Waals surface area contributed by atoms with Crippen molar-refractivity contribution in [3.05, 3.63) is 65.5 Å². The van der Waals surface area contributed by atoms with Crippen LogP contribution in [0.25, 0.3) is 22.6 Å². The number of nitrogens with zero attached hydrogens (tertiary/aromatic N) is 6. The number of fused-ring (bicyclic) bond motifs is 1. The van der Waals surface area contributed by atoms with Gasteiger partial charge >= 0.3 is 0 Å². The molecule has 2 fully saturated rings. The van der Waals surface area contributed by atoms with Crippen LogP contribution in [0.2, 0.25) is 0 Å². The van der Waals surface area contributed by atoms with E-state index in [9.17, 15) is 4.39 Å². The summed E-state index contributed by atoms with van der Waals surface area (Å²) in [6.07, 6.45) is 5.13. The van der Waals surface area contributed by atoms with Crippen LogP contribution in [-0.4, -0.2) is 61.7 Å². The highest BCUT2D eigenvalue weighted by Crippen LogP contribution is 2.31. The van der Waals surface area contributed by atoms with Gasteiger partial charge in [-0.25, -0.2) is 19.3 Å². The molecule has 0 unspecified atom stereocenters. The predicted molar refractivity (Wildman–Crippen MR) is 131 cm³/mol. The second-order valence-electron chi connectivity index (χ2n) is 9.48. The van der Waals surface area contributed by atoms with E-state index in [0.29, 0.717) is 52.7 Å². The Kier molecular flexibility index (Phi) is 5.66. The normalized spacial score (nSPS) is 17.7. The van der Waals surface area contributed by atoms with Gasteiger partial charge in [0.15, 0.2) is 17.0 Å². The van der Waals surface area contributed by atoms with E-state index in [2.05, 4.69) is 49.1 Å². The molecule has 2 saturated heterocycles. The van der Waals surface area contributed by atoms with Gasteiger partial charge in [-0.3, -0.25) is 9.88 Å². The first-order chi connectivity index (χ1) is 17.0. The Bertz CT molecular complexity index is 1360. The molecule has 0 radical (unpaired) electrons. The molecule has 2 aliphatic rings. The van der Waals surface area contributed by atoms with Gasteiger partial charge in [0.25, 0.3) is 0 Å². The molecule has 0 bridgehead atoms. The quantitative estimate of drug-likeness (QED) is 0.474. The first-order valence-electron chi connectivity index (χ1n) is 12.1. The zero-order valence-corrected chi connectivity index (χ0v) is 19.7. The van der Waals surface area contributed by atoms with Crippen LogP contribution in [0.5, 0.6) is 0 Å². The van der Waals surface area contributed by atoms with Crippen molar-refractivity contribution in [3.63, 3.8) is 0 Å². The Morgan fingerprint density at radius 3 is 2.51 bits per heavy atom. The number of likely N-dealkylation sites (tertiary alicyclic amines) is 1. The smallest absolute Gasteiger partial charge is 0.166 e. The lowest BCUT2D eigenvalue weighted by atomic mass is 9.88. The first-order valence-corrected chi connectivity index (χ1v) is 12.1. The van der Waals surface area contributed by atoms with E-state index >= 15 is 0 Å². The number of rotatable bonds is 5. The molecule has 6 rings (SSSR count). The number of ether oxygens (including phenoxy) is 1. The fourth-order valence-corrected chi connectivity index (χ4v) is 5.15.